The molecule has 1 aliphatic rings. The Morgan fingerprint density at radius 2 is 1.35 bits per heavy atom. The summed E-state index contributed by atoms with van der Waals surface area (Å²) < 4.78 is 0. The summed E-state index contributed by atoms with van der Waals surface area (Å²) >= 11 is 0. The van der Waals surface area contributed by atoms with E-state index in [1.54, 1.807) is 6.07 Å². The first-order chi connectivity index (χ1) is 18.0. The smallest absolute Gasteiger partial charge is 0.303 e. The van der Waals surface area contributed by atoms with Gasteiger partial charge in [0.15, 0.2) is 0 Å². The number of aliphatic carboxylic acids is 1. The molecule has 6 heteroatoms. The topological polar surface area (TPSA) is 86.7 Å². The summed E-state index contributed by atoms with van der Waals surface area (Å²) in [5.74, 6) is -1.34. The first-order valence-corrected chi connectivity index (χ1v) is 14.4. The number of carbonyl (C=O) groups is 3. The van der Waals surface area contributed by atoms with Gasteiger partial charge >= 0.3 is 5.97 Å². The summed E-state index contributed by atoms with van der Waals surface area (Å²) in [5, 5.41) is 14.0. The number of imide groups is 1. The summed E-state index contributed by atoms with van der Waals surface area (Å²) in [7, 11) is 0. The van der Waals surface area contributed by atoms with Crippen molar-refractivity contribution >= 4 is 34.2 Å². The van der Waals surface area contributed by atoms with E-state index in [0.717, 1.165) is 29.4 Å². The number of benzene rings is 2. The molecule has 1 aliphatic heterocycles. The molecule has 0 unspecified atom stereocenters. The fraction of sp³-hybridized carbons (Fsp3) is 0.581. The monoisotopic (exact) mass is 508 g/mol. The van der Waals surface area contributed by atoms with Gasteiger partial charge in [-0.15, -0.1) is 0 Å². The second-order valence-electron chi connectivity index (χ2n) is 10.3. The number of carboxylic acids is 1. The van der Waals surface area contributed by atoms with Crippen LogP contribution in [-0.4, -0.2) is 40.9 Å². The molecule has 2 aromatic carbocycles. The standard InChI is InChI=1S/C31H44N2O4/c1-2-3-4-5-6-7-8-9-10-11-14-22-32-27-21-20-26-29-24(27)17-16-18-25(29)30(36)33(31(26)37)23-15-12-13-19-28(34)35/h16-18,20-21,32H,2-15,19,22-23H2,1H3,(H,34,35). The highest BCUT2D eigenvalue weighted by Gasteiger charge is 2.32. The van der Waals surface area contributed by atoms with Crippen LogP contribution in [0.25, 0.3) is 10.8 Å². The number of hydrogen-bond acceptors (Lipinski definition) is 4. The summed E-state index contributed by atoms with van der Waals surface area (Å²) in [4.78, 5) is 38.3. The van der Waals surface area contributed by atoms with Crippen LogP contribution in [0, 0.1) is 0 Å². The zero-order valence-electron chi connectivity index (χ0n) is 22.5. The first kappa shape index (κ1) is 28.7. The highest BCUT2D eigenvalue weighted by Crippen LogP contribution is 2.34. The number of anilines is 1. The number of nitrogens with one attached hydrogen (secondary N) is 1. The Kier molecular flexibility index (Phi) is 11.9. The lowest BCUT2D eigenvalue weighted by molar-refractivity contribution is -0.137. The van der Waals surface area contributed by atoms with E-state index in [-0.39, 0.29) is 18.2 Å². The normalized spacial score (nSPS) is 12.9. The van der Waals surface area contributed by atoms with Crippen molar-refractivity contribution < 1.29 is 19.5 Å². The van der Waals surface area contributed by atoms with Gasteiger partial charge in [0.1, 0.15) is 0 Å². The zero-order chi connectivity index (χ0) is 26.5. The van der Waals surface area contributed by atoms with Crippen molar-refractivity contribution in [2.75, 3.05) is 18.4 Å². The van der Waals surface area contributed by atoms with Crippen molar-refractivity contribution in [1.82, 2.24) is 4.90 Å². The molecule has 2 aromatic rings. The maximum atomic E-state index is 13.2. The maximum absolute atomic E-state index is 13.2. The van der Waals surface area contributed by atoms with E-state index in [4.69, 9.17) is 5.11 Å². The molecule has 3 rings (SSSR count). The zero-order valence-corrected chi connectivity index (χ0v) is 22.5. The molecule has 0 spiro atoms. The number of carboxylic acid groups (broad SMARTS) is 1. The number of nitrogens with zero attached hydrogens (tertiary/aromatic N) is 1. The van der Waals surface area contributed by atoms with Gasteiger partial charge in [-0.25, -0.2) is 0 Å². The van der Waals surface area contributed by atoms with E-state index >= 15 is 0 Å². The summed E-state index contributed by atoms with van der Waals surface area (Å²) in [6, 6.07) is 9.45. The molecule has 0 saturated carbocycles. The first-order valence-electron chi connectivity index (χ1n) is 14.4. The fourth-order valence-electron chi connectivity index (χ4n) is 5.24. The Morgan fingerprint density at radius 3 is 2.00 bits per heavy atom. The Balaban J connectivity index is 1.48. The van der Waals surface area contributed by atoms with E-state index in [9.17, 15) is 14.4 Å². The Hall–Kier alpha value is -2.89. The Bertz CT molecular complexity index is 1030. The molecule has 0 atom stereocenters. The molecule has 37 heavy (non-hydrogen) atoms. The third kappa shape index (κ3) is 8.31. The van der Waals surface area contributed by atoms with Crippen LogP contribution < -0.4 is 5.32 Å². The van der Waals surface area contributed by atoms with Crippen LogP contribution >= 0.6 is 0 Å². The molecule has 2 N–H and O–H groups in total. The van der Waals surface area contributed by atoms with Crippen LogP contribution in [0.1, 0.15) is 124 Å². The van der Waals surface area contributed by atoms with E-state index in [1.807, 2.05) is 24.3 Å². The highest BCUT2D eigenvalue weighted by atomic mass is 16.4. The lowest BCUT2D eigenvalue weighted by Gasteiger charge is -2.28. The minimum atomic E-state index is -0.821. The molecule has 6 nitrogen and oxygen atoms in total. The minimum absolute atomic E-state index is 0.110. The van der Waals surface area contributed by atoms with E-state index < -0.39 is 5.97 Å². The second kappa shape index (κ2) is 15.4. The van der Waals surface area contributed by atoms with E-state index in [2.05, 4.69) is 12.2 Å². The van der Waals surface area contributed by atoms with Crippen LogP contribution in [0.3, 0.4) is 0 Å². The lowest BCUT2D eigenvalue weighted by atomic mass is 9.92. The van der Waals surface area contributed by atoms with Crippen LogP contribution in [-0.2, 0) is 4.79 Å². The molecule has 0 bridgehead atoms. The molecule has 2 amide bonds. The van der Waals surface area contributed by atoms with Crippen LogP contribution in [0.15, 0.2) is 30.3 Å². The third-order valence-corrected chi connectivity index (χ3v) is 7.36. The second-order valence-corrected chi connectivity index (χ2v) is 10.3. The minimum Gasteiger partial charge on any atom is -0.481 e. The van der Waals surface area contributed by atoms with Gasteiger partial charge in [0.05, 0.1) is 0 Å². The predicted molar refractivity (Wildman–Crippen MR) is 150 cm³/mol. The molecule has 0 fully saturated rings. The van der Waals surface area contributed by atoms with Crippen molar-refractivity contribution in [3.8, 4) is 0 Å². The molecule has 0 aliphatic carbocycles. The molecule has 0 radical (unpaired) electrons. The number of carbonyl (C=O) groups excluding carboxylic acids is 2. The molecular formula is C31H44N2O4. The SMILES string of the molecule is CCCCCCCCCCCCCNc1ccc2c3c(cccc13)C(=O)N(CCCCCC(=O)O)C2=O. The van der Waals surface area contributed by atoms with Crippen molar-refractivity contribution in [2.45, 2.75) is 103 Å². The van der Waals surface area contributed by atoms with Crippen LogP contribution in [0.4, 0.5) is 5.69 Å². The highest BCUT2D eigenvalue weighted by molar-refractivity contribution is 6.26. The summed E-state index contributed by atoms with van der Waals surface area (Å²) in [6.45, 7) is 3.45. The summed E-state index contributed by atoms with van der Waals surface area (Å²) in [5.41, 5.74) is 2.10. The number of rotatable bonds is 19. The van der Waals surface area contributed by atoms with E-state index in [0.29, 0.717) is 36.9 Å². The van der Waals surface area contributed by atoms with E-state index in [1.165, 1.54) is 69.1 Å². The molecule has 202 valence electrons. The average Bonchev–Trinajstić information content (AvgIpc) is 2.89. The van der Waals surface area contributed by atoms with Gasteiger partial charge in [-0.2, -0.15) is 0 Å². The predicted octanol–water partition coefficient (Wildman–Crippen LogP) is 7.80. The maximum Gasteiger partial charge on any atom is 0.303 e. The van der Waals surface area contributed by atoms with Crippen molar-refractivity contribution in [3.63, 3.8) is 0 Å². The molecule has 0 aromatic heterocycles. The van der Waals surface area contributed by atoms with Gasteiger partial charge in [0.25, 0.3) is 11.8 Å². The van der Waals surface area contributed by atoms with Crippen molar-refractivity contribution in [2.24, 2.45) is 0 Å². The summed E-state index contributed by atoms with van der Waals surface area (Å²) in [6.07, 6.45) is 16.4. The quantitative estimate of drug-likeness (QED) is 0.149. The molecule has 0 saturated heterocycles. The van der Waals surface area contributed by atoms with Crippen LogP contribution in [0.2, 0.25) is 0 Å². The van der Waals surface area contributed by atoms with Gasteiger partial charge in [-0.1, -0.05) is 89.7 Å². The number of amides is 2. The van der Waals surface area contributed by atoms with Gasteiger partial charge in [-0.3, -0.25) is 19.3 Å². The lowest BCUT2D eigenvalue weighted by Crippen LogP contribution is -2.40. The number of unbranched alkanes of at least 4 members (excludes halogenated alkanes) is 12. The van der Waals surface area contributed by atoms with Gasteiger partial charge in [0.2, 0.25) is 0 Å². The van der Waals surface area contributed by atoms with Gasteiger partial charge in [-0.05, 0) is 37.5 Å². The largest absolute Gasteiger partial charge is 0.481 e. The number of hydrogen-bond donors (Lipinski definition) is 2. The third-order valence-electron chi connectivity index (χ3n) is 7.36. The molecular weight excluding hydrogens is 464 g/mol. The Morgan fingerprint density at radius 1 is 0.757 bits per heavy atom. The average molecular weight is 509 g/mol. The van der Waals surface area contributed by atoms with Gasteiger partial charge in [0, 0.05) is 47.1 Å². The fourth-order valence-corrected chi connectivity index (χ4v) is 5.24. The van der Waals surface area contributed by atoms with Crippen molar-refractivity contribution in [3.05, 3.63) is 41.5 Å². The molecule has 1 heterocycles. The van der Waals surface area contributed by atoms with Gasteiger partial charge < -0.3 is 10.4 Å². The Labute approximate surface area is 221 Å². The van der Waals surface area contributed by atoms with Crippen molar-refractivity contribution in [1.29, 1.82) is 0 Å². The van der Waals surface area contributed by atoms with Crippen LogP contribution in [0.5, 0.6) is 0 Å².